The van der Waals surface area contributed by atoms with E-state index in [1.807, 2.05) is 97.4 Å². The number of methoxy groups -OCH3 is 1. The molecule has 1 amide bonds. The number of nitrogens with zero attached hydrogens (tertiary/aromatic N) is 6. The van der Waals surface area contributed by atoms with Crippen LogP contribution in [0.3, 0.4) is 0 Å². The molecule has 3 aliphatic rings. The summed E-state index contributed by atoms with van der Waals surface area (Å²) in [7, 11) is 1.62. The average molecular weight is 919 g/mol. The summed E-state index contributed by atoms with van der Waals surface area (Å²) in [5, 5.41) is 16.9. The van der Waals surface area contributed by atoms with E-state index in [1.165, 1.54) is 11.0 Å². The van der Waals surface area contributed by atoms with Gasteiger partial charge in [0.1, 0.15) is 35.9 Å². The second kappa shape index (κ2) is 17.7. The highest BCUT2D eigenvalue weighted by Gasteiger charge is 2.47. The molecule has 1 aliphatic carbocycles. The van der Waals surface area contributed by atoms with Crippen LogP contribution >= 0.6 is 0 Å². The average Bonchev–Trinajstić information content (AvgIpc) is 3.82. The lowest BCUT2D eigenvalue weighted by atomic mass is 9.77. The van der Waals surface area contributed by atoms with E-state index in [1.54, 1.807) is 7.11 Å². The minimum absolute atomic E-state index is 0.104. The number of amides is 1. The van der Waals surface area contributed by atoms with Gasteiger partial charge in [-0.25, -0.2) is 9.18 Å². The molecule has 6 aromatic carbocycles. The molecule has 3 fully saturated rings. The van der Waals surface area contributed by atoms with Crippen LogP contribution in [0, 0.1) is 25.1 Å². The predicted octanol–water partition coefficient (Wildman–Crippen LogP) is 10.7. The lowest BCUT2D eigenvalue weighted by molar-refractivity contribution is 0.0681. The Hall–Kier alpha value is -7.75. The Morgan fingerprint density at radius 3 is 2.07 bits per heavy atom. The molecule has 346 valence electrons. The van der Waals surface area contributed by atoms with Gasteiger partial charge < -0.3 is 29.1 Å². The summed E-state index contributed by atoms with van der Waals surface area (Å²) >= 11 is 0. The van der Waals surface area contributed by atoms with Crippen molar-refractivity contribution in [2.45, 2.75) is 69.4 Å². The van der Waals surface area contributed by atoms with E-state index in [2.05, 4.69) is 59.5 Å². The van der Waals surface area contributed by atoms with Gasteiger partial charge in [-0.1, -0.05) is 109 Å². The van der Waals surface area contributed by atoms with E-state index in [-0.39, 0.29) is 43.3 Å². The van der Waals surface area contributed by atoms with Gasteiger partial charge in [-0.2, -0.15) is 15.1 Å². The van der Waals surface area contributed by atoms with Gasteiger partial charge in [-0.15, -0.1) is 6.42 Å². The molecule has 12 heteroatoms. The lowest BCUT2D eigenvalue weighted by Gasteiger charge is -2.36. The number of piperazine rings is 1. The Morgan fingerprint density at radius 1 is 0.855 bits per heavy atom. The van der Waals surface area contributed by atoms with Gasteiger partial charge >= 0.3 is 12.1 Å². The lowest BCUT2D eigenvalue weighted by Crippen LogP contribution is -2.48. The summed E-state index contributed by atoms with van der Waals surface area (Å²) in [5.74, 6) is 3.54. The third-order valence-electron chi connectivity index (χ3n) is 14.2. The third-order valence-corrected chi connectivity index (χ3v) is 14.2. The molecule has 11 nitrogen and oxygen atoms in total. The van der Waals surface area contributed by atoms with Gasteiger partial charge in [0.2, 0.25) is 0 Å². The van der Waals surface area contributed by atoms with Crippen molar-refractivity contribution in [3.63, 3.8) is 0 Å². The summed E-state index contributed by atoms with van der Waals surface area (Å²) in [4.78, 5) is 26.3. The summed E-state index contributed by atoms with van der Waals surface area (Å²) in [5.41, 5.74) is 7.43. The Kier molecular flexibility index (Phi) is 11.2. The van der Waals surface area contributed by atoms with Crippen LogP contribution in [0.15, 0.2) is 134 Å². The zero-order chi connectivity index (χ0) is 47.4. The highest BCUT2D eigenvalue weighted by Crippen LogP contribution is 2.54. The Morgan fingerprint density at radius 2 is 1.51 bits per heavy atom. The first-order valence-electron chi connectivity index (χ1n) is 23.5. The molecule has 69 heavy (non-hydrogen) atoms. The first-order chi connectivity index (χ1) is 33.7. The van der Waals surface area contributed by atoms with Crippen LogP contribution in [-0.2, 0) is 16.9 Å². The molecule has 2 saturated heterocycles. The van der Waals surface area contributed by atoms with Gasteiger partial charge in [0, 0.05) is 59.9 Å². The maximum Gasteiger partial charge on any atom is 0.407 e. The number of carboxylic acid groups (broad SMARTS) is 1. The van der Waals surface area contributed by atoms with Crippen LogP contribution in [-0.4, -0.2) is 80.8 Å². The molecular formula is C57H51FN6O5. The number of hydrogen-bond donors (Lipinski definition) is 1. The standard InChI is InChI=1S/C57H51FN6O5/c1-5-37-21-23-38(24-22-37)34-68-53-51(45(39-25-26-39)28-46-52(53)59-55(69-33-35(2)67-4)60-54(46)62-30-44-27-43(62)31-63(44)56(65)66)50-36(3)48(58)29-49-47(50)32-64(61-49)57(40-15-9-6-10-16-40,41-17-11-7-12-18-41)42-19-13-8-14-20-42/h1,6-24,28-29,32,35,39,43-44H,25-27,30-31,33-34H2,2-4H3,(H,65,66)/t35-,43-,44-/m0/s1. The van der Waals surface area contributed by atoms with Crippen molar-refractivity contribution in [1.82, 2.24) is 24.6 Å². The van der Waals surface area contributed by atoms with Crippen molar-refractivity contribution >= 4 is 33.7 Å². The summed E-state index contributed by atoms with van der Waals surface area (Å²) in [6, 6.07) is 42.1. The molecule has 1 saturated carbocycles. The number of aromatic nitrogens is 4. The van der Waals surface area contributed by atoms with Gasteiger partial charge in [-0.3, -0.25) is 4.68 Å². The topological polar surface area (TPSA) is 115 Å². The van der Waals surface area contributed by atoms with Crippen LogP contribution in [0.2, 0.25) is 0 Å². The number of halogens is 1. The first-order valence-corrected chi connectivity index (χ1v) is 23.5. The maximum atomic E-state index is 17.1. The van der Waals surface area contributed by atoms with Crippen molar-refractivity contribution in [1.29, 1.82) is 0 Å². The Labute approximate surface area is 400 Å². The fourth-order valence-electron chi connectivity index (χ4n) is 10.6. The molecule has 2 aromatic heterocycles. The van der Waals surface area contributed by atoms with Crippen LogP contribution in [0.5, 0.6) is 11.8 Å². The highest BCUT2D eigenvalue weighted by atomic mass is 19.1. The van der Waals surface area contributed by atoms with Gasteiger partial charge in [-0.05, 0) is 90.6 Å². The van der Waals surface area contributed by atoms with Gasteiger partial charge in [0.25, 0.3) is 0 Å². The van der Waals surface area contributed by atoms with Gasteiger partial charge in [0.15, 0.2) is 5.75 Å². The van der Waals surface area contributed by atoms with Crippen molar-refractivity contribution < 1.29 is 28.5 Å². The van der Waals surface area contributed by atoms with E-state index in [4.69, 9.17) is 35.7 Å². The van der Waals surface area contributed by atoms with E-state index in [0.717, 1.165) is 62.6 Å². The zero-order valence-corrected chi connectivity index (χ0v) is 38.7. The number of benzene rings is 6. The molecule has 0 unspecified atom stereocenters. The van der Waals surface area contributed by atoms with Crippen LogP contribution in [0.25, 0.3) is 32.9 Å². The second-order valence-electron chi connectivity index (χ2n) is 18.5. The molecule has 4 heterocycles. The van der Waals surface area contributed by atoms with Gasteiger partial charge in [0.05, 0.1) is 23.7 Å². The third kappa shape index (κ3) is 7.67. The number of anilines is 1. The Balaban J connectivity index is 1.20. The van der Waals surface area contributed by atoms with Crippen LogP contribution in [0.1, 0.15) is 71.0 Å². The molecule has 2 bridgehead atoms. The van der Waals surface area contributed by atoms with Crippen LogP contribution in [0.4, 0.5) is 15.0 Å². The summed E-state index contributed by atoms with van der Waals surface area (Å²) < 4.78 is 38.1. The Bertz CT molecular complexity index is 3170. The number of carbonyl (C=O) groups is 1. The highest BCUT2D eigenvalue weighted by molar-refractivity contribution is 6.06. The predicted molar refractivity (Wildman–Crippen MR) is 264 cm³/mol. The molecule has 0 spiro atoms. The van der Waals surface area contributed by atoms with Crippen molar-refractivity contribution in [2.24, 2.45) is 0 Å². The zero-order valence-electron chi connectivity index (χ0n) is 38.7. The minimum atomic E-state index is -0.962. The number of likely N-dealkylation sites (tertiary alicyclic amines) is 1. The fourth-order valence-corrected chi connectivity index (χ4v) is 10.6. The number of ether oxygens (including phenoxy) is 3. The number of terminal acetylenes is 1. The minimum Gasteiger partial charge on any atom is -0.486 e. The normalized spacial score (nSPS) is 17.1. The summed E-state index contributed by atoms with van der Waals surface area (Å²) in [6.45, 7) is 4.87. The monoisotopic (exact) mass is 918 g/mol. The van der Waals surface area contributed by atoms with E-state index >= 15 is 4.39 Å². The van der Waals surface area contributed by atoms with E-state index < -0.39 is 17.4 Å². The fraction of sp³-hybridized carbons (Fsp3) is 0.263. The number of rotatable bonds is 14. The summed E-state index contributed by atoms with van der Waals surface area (Å²) in [6.07, 6.45) is 9.16. The smallest absolute Gasteiger partial charge is 0.407 e. The quantitative estimate of drug-likeness (QED) is 0.0841. The molecule has 2 aliphatic heterocycles. The SMILES string of the molecule is C#Cc1ccc(COc2c(-c3c(C)c(F)cc4nn(C(c5ccccc5)(c5ccccc5)c5ccccc5)cc34)c(C3CC3)cc3c(N4C[C@@H]5C[C@H]4CN5C(=O)O)nc(OC[C@H](C)OC)nc23)cc1. The molecule has 8 aromatic rings. The van der Waals surface area contributed by atoms with Crippen molar-refractivity contribution in [2.75, 3.05) is 31.7 Å². The van der Waals surface area contributed by atoms with E-state index in [9.17, 15) is 9.90 Å². The molecular weight excluding hydrogens is 868 g/mol. The molecule has 3 atom stereocenters. The maximum absolute atomic E-state index is 17.1. The van der Waals surface area contributed by atoms with E-state index in [0.29, 0.717) is 53.2 Å². The first kappa shape index (κ1) is 43.8. The van der Waals surface area contributed by atoms with Crippen molar-refractivity contribution in [3.8, 4) is 35.2 Å². The van der Waals surface area contributed by atoms with Crippen molar-refractivity contribution in [3.05, 3.63) is 178 Å². The number of hydrogen-bond acceptors (Lipinski definition) is 8. The largest absolute Gasteiger partial charge is 0.486 e. The molecule has 0 radical (unpaired) electrons. The molecule has 1 N–H and O–H groups in total. The number of fused-ring (bicyclic) bond motifs is 4. The molecule has 11 rings (SSSR count). The van der Waals surface area contributed by atoms with Crippen LogP contribution < -0.4 is 14.4 Å². The second-order valence-corrected chi connectivity index (χ2v) is 18.5.